The first kappa shape index (κ1) is 18.0. The van der Waals surface area contributed by atoms with E-state index in [2.05, 4.69) is 15.3 Å². The smallest absolute Gasteiger partial charge is 0.254 e. The maximum Gasteiger partial charge on any atom is 0.254 e. The standard InChI is InChI=1S/C19H21FN4O2/c1-19(2,3)18(26)24-10-15(11-24)23-17(25)13-8-21-16(22-9-13)12-5-4-6-14(20)7-12/h4-9,15H,10-11H2,1-3H3,(H,23,25). The summed E-state index contributed by atoms with van der Waals surface area (Å²) >= 11 is 0. The molecule has 0 aliphatic carbocycles. The molecule has 3 rings (SSSR count). The molecule has 6 nitrogen and oxygen atoms in total. The van der Waals surface area contributed by atoms with Gasteiger partial charge in [0.2, 0.25) is 5.91 Å². The molecule has 136 valence electrons. The quantitative estimate of drug-likeness (QED) is 0.915. The number of hydrogen-bond acceptors (Lipinski definition) is 4. The summed E-state index contributed by atoms with van der Waals surface area (Å²) in [5.41, 5.74) is 0.452. The van der Waals surface area contributed by atoms with E-state index in [0.29, 0.717) is 30.0 Å². The molecule has 1 aromatic carbocycles. The maximum absolute atomic E-state index is 13.3. The van der Waals surface area contributed by atoms with Crippen LogP contribution in [0.2, 0.25) is 0 Å². The van der Waals surface area contributed by atoms with E-state index in [0.717, 1.165) is 0 Å². The molecule has 2 aromatic rings. The minimum atomic E-state index is -0.421. The summed E-state index contributed by atoms with van der Waals surface area (Å²) in [5, 5.41) is 2.86. The van der Waals surface area contributed by atoms with Crippen LogP contribution in [0.25, 0.3) is 11.4 Å². The van der Waals surface area contributed by atoms with Gasteiger partial charge in [0.05, 0.1) is 11.6 Å². The van der Waals surface area contributed by atoms with E-state index >= 15 is 0 Å². The molecule has 0 spiro atoms. The molecule has 1 saturated heterocycles. The average Bonchev–Trinajstić information content (AvgIpc) is 2.56. The van der Waals surface area contributed by atoms with Gasteiger partial charge in [0.25, 0.3) is 5.91 Å². The lowest BCUT2D eigenvalue weighted by atomic mass is 9.92. The van der Waals surface area contributed by atoms with Crippen molar-refractivity contribution in [2.45, 2.75) is 26.8 Å². The van der Waals surface area contributed by atoms with E-state index in [-0.39, 0.29) is 23.7 Å². The molecule has 1 fully saturated rings. The van der Waals surface area contributed by atoms with Crippen LogP contribution in [0.1, 0.15) is 31.1 Å². The normalized spacial score (nSPS) is 14.7. The first-order valence-electron chi connectivity index (χ1n) is 8.42. The Morgan fingerprint density at radius 1 is 1.19 bits per heavy atom. The molecular formula is C19H21FN4O2. The SMILES string of the molecule is CC(C)(C)C(=O)N1CC(NC(=O)c2cnc(-c3cccc(F)c3)nc2)C1. The van der Waals surface area contributed by atoms with Crippen LogP contribution in [0.15, 0.2) is 36.7 Å². The van der Waals surface area contributed by atoms with Gasteiger partial charge in [0, 0.05) is 36.5 Å². The third-order valence-corrected chi connectivity index (χ3v) is 4.14. The molecule has 26 heavy (non-hydrogen) atoms. The van der Waals surface area contributed by atoms with Crippen molar-refractivity contribution in [2.24, 2.45) is 5.41 Å². The van der Waals surface area contributed by atoms with Gasteiger partial charge in [-0.25, -0.2) is 14.4 Å². The lowest BCUT2D eigenvalue weighted by Crippen LogP contribution is -2.62. The van der Waals surface area contributed by atoms with Crippen LogP contribution in [0.5, 0.6) is 0 Å². The summed E-state index contributed by atoms with van der Waals surface area (Å²) in [6.45, 7) is 6.63. The molecular weight excluding hydrogens is 335 g/mol. The molecule has 7 heteroatoms. The first-order chi connectivity index (χ1) is 12.2. The molecule has 1 aromatic heterocycles. The number of amides is 2. The summed E-state index contributed by atoms with van der Waals surface area (Å²) in [6.07, 6.45) is 2.83. The minimum Gasteiger partial charge on any atom is -0.346 e. The Kier molecular flexibility index (Phi) is 4.71. The molecule has 0 atom stereocenters. The third-order valence-electron chi connectivity index (χ3n) is 4.14. The molecule has 0 saturated carbocycles. The average molecular weight is 356 g/mol. The van der Waals surface area contributed by atoms with Gasteiger partial charge in [-0.15, -0.1) is 0 Å². The van der Waals surface area contributed by atoms with Crippen LogP contribution in [0, 0.1) is 11.2 Å². The van der Waals surface area contributed by atoms with Gasteiger partial charge in [0.15, 0.2) is 5.82 Å². The number of aromatic nitrogens is 2. The molecule has 1 aliphatic rings. The largest absolute Gasteiger partial charge is 0.346 e. The van der Waals surface area contributed by atoms with Crippen molar-refractivity contribution in [3.8, 4) is 11.4 Å². The van der Waals surface area contributed by atoms with Crippen LogP contribution in [0.3, 0.4) is 0 Å². The highest BCUT2D eigenvalue weighted by atomic mass is 19.1. The van der Waals surface area contributed by atoms with Gasteiger partial charge >= 0.3 is 0 Å². The maximum atomic E-state index is 13.3. The summed E-state index contributed by atoms with van der Waals surface area (Å²) < 4.78 is 13.3. The fraction of sp³-hybridized carbons (Fsp3) is 0.368. The number of rotatable bonds is 3. The van der Waals surface area contributed by atoms with E-state index in [1.54, 1.807) is 17.0 Å². The van der Waals surface area contributed by atoms with Crippen molar-refractivity contribution >= 4 is 11.8 Å². The number of carbonyl (C=O) groups excluding carboxylic acids is 2. The summed E-state index contributed by atoms with van der Waals surface area (Å²) in [5.74, 6) is -0.228. The highest BCUT2D eigenvalue weighted by Crippen LogP contribution is 2.21. The predicted molar refractivity (Wildman–Crippen MR) is 94.7 cm³/mol. The summed E-state index contributed by atoms with van der Waals surface area (Å²) in [7, 11) is 0. The van der Waals surface area contributed by atoms with Gasteiger partial charge in [0.1, 0.15) is 5.82 Å². The zero-order chi connectivity index (χ0) is 18.9. The molecule has 0 unspecified atom stereocenters. The lowest BCUT2D eigenvalue weighted by molar-refractivity contribution is -0.144. The van der Waals surface area contributed by atoms with E-state index in [9.17, 15) is 14.0 Å². The monoisotopic (exact) mass is 356 g/mol. The molecule has 0 radical (unpaired) electrons. The van der Waals surface area contributed by atoms with Crippen molar-refractivity contribution in [1.29, 1.82) is 0 Å². The zero-order valence-electron chi connectivity index (χ0n) is 15.0. The van der Waals surface area contributed by atoms with Crippen LogP contribution in [-0.2, 0) is 4.79 Å². The van der Waals surface area contributed by atoms with Gasteiger partial charge in [-0.1, -0.05) is 32.9 Å². The Hall–Kier alpha value is -2.83. The molecule has 2 amide bonds. The number of likely N-dealkylation sites (tertiary alicyclic amines) is 1. The Bertz CT molecular complexity index is 824. The number of nitrogens with one attached hydrogen (secondary N) is 1. The predicted octanol–water partition coefficient (Wildman–Crippen LogP) is 2.27. The van der Waals surface area contributed by atoms with Crippen molar-refractivity contribution < 1.29 is 14.0 Å². The Labute approximate surface area is 151 Å². The summed E-state index contributed by atoms with van der Waals surface area (Å²) in [4.78, 5) is 34.4. The number of benzene rings is 1. The van der Waals surface area contributed by atoms with Crippen molar-refractivity contribution in [3.05, 3.63) is 48.0 Å². The van der Waals surface area contributed by atoms with E-state index in [4.69, 9.17) is 0 Å². The van der Waals surface area contributed by atoms with E-state index < -0.39 is 5.41 Å². The van der Waals surface area contributed by atoms with Gasteiger partial charge in [-0.05, 0) is 12.1 Å². The topological polar surface area (TPSA) is 75.2 Å². The second kappa shape index (κ2) is 6.82. The van der Waals surface area contributed by atoms with E-state index in [1.807, 2.05) is 20.8 Å². The van der Waals surface area contributed by atoms with Crippen LogP contribution >= 0.6 is 0 Å². The van der Waals surface area contributed by atoms with Gasteiger partial charge in [-0.3, -0.25) is 9.59 Å². The number of nitrogens with zero attached hydrogens (tertiary/aromatic N) is 3. The Morgan fingerprint density at radius 3 is 2.42 bits per heavy atom. The highest BCUT2D eigenvalue weighted by Gasteiger charge is 2.36. The van der Waals surface area contributed by atoms with E-state index in [1.165, 1.54) is 24.5 Å². The molecule has 1 N–H and O–H groups in total. The Morgan fingerprint density at radius 2 is 1.85 bits per heavy atom. The second-order valence-electron chi connectivity index (χ2n) is 7.44. The fourth-order valence-electron chi connectivity index (χ4n) is 2.70. The minimum absolute atomic E-state index is 0.0725. The number of hydrogen-bond donors (Lipinski definition) is 1. The van der Waals surface area contributed by atoms with Crippen LogP contribution in [0.4, 0.5) is 4.39 Å². The Balaban J connectivity index is 1.57. The highest BCUT2D eigenvalue weighted by molar-refractivity contribution is 5.94. The van der Waals surface area contributed by atoms with Crippen molar-refractivity contribution in [2.75, 3.05) is 13.1 Å². The van der Waals surface area contributed by atoms with Crippen molar-refractivity contribution in [1.82, 2.24) is 20.2 Å². The van der Waals surface area contributed by atoms with Crippen LogP contribution < -0.4 is 5.32 Å². The van der Waals surface area contributed by atoms with Crippen LogP contribution in [-0.4, -0.2) is 45.8 Å². The van der Waals surface area contributed by atoms with Gasteiger partial charge in [-0.2, -0.15) is 0 Å². The molecule has 2 heterocycles. The summed E-state index contributed by atoms with van der Waals surface area (Å²) in [6, 6.07) is 5.89. The number of halogens is 1. The lowest BCUT2D eigenvalue weighted by Gasteiger charge is -2.42. The second-order valence-corrected chi connectivity index (χ2v) is 7.44. The van der Waals surface area contributed by atoms with Gasteiger partial charge < -0.3 is 10.2 Å². The fourth-order valence-corrected chi connectivity index (χ4v) is 2.70. The molecule has 1 aliphatic heterocycles. The van der Waals surface area contributed by atoms with Crippen molar-refractivity contribution in [3.63, 3.8) is 0 Å². The molecule has 0 bridgehead atoms. The first-order valence-corrected chi connectivity index (χ1v) is 8.42. The number of carbonyl (C=O) groups is 2. The third kappa shape index (κ3) is 3.87. The zero-order valence-corrected chi connectivity index (χ0v) is 15.0.